The van der Waals surface area contributed by atoms with Gasteiger partial charge in [-0.3, -0.25) is 4.79 Å². The molecule has 1 aliphatic rings. The lowest BCUT2D eigenvalue weighted by atomic mass is 10.2. The van der Waals surface area contributed by atoms with Crippen molar-refractivity contribution in [3.63, 3.8) is 0 Å². The Morgan fingerprint density at radius 1 is 1.43 bits per heavy atom. The van der Waals surface area contributed by atoms with Crippen molar-refractivity contribution in [3.8, 4) is 5.75 Å². The number of aliphatic carboxylic acids is 1. The van der Waals surface area contributed by atoms with Gasteiger partial charge >= 0.3 is 5.97 Å². The summed E-state index contributed by atoms with van der Waals surface area (Å²) in [7, 11) is 0. The summed E-state index contributed by atoms with van der Waals surface area (Å²) in [6.45, 7) is 1.52. The summed E-state index contributed by atoms with van der Waals surface area (Å²) in [5.41, 5.74) is 0. The highest BCUT2D eigenvalue weighted by atomic mass is 35.5. The lowest BCUT2D eigenvalue weighted by Gasteiger charge is -2.25. The molecule has 0 radical (unpaired) electrons. The fraction of sp³-hybridized carbons (Fsp3) is 0.429. The summed E-state index contributed by atoms with van der Waals surface area (Å²) < 4.78 is 5.48. The van der Waals surface area contributed by atoms with Gasteiger partial charge in [0.05, 0.1) is 11.1 Å². The summed E-state index contributed by atoms with van der Waals surface area (Å²) in [5.74, 6) is -1.27. The first-order chi connectivity index (χ1) is 9.90. The van der Waals surface area contributed by atoms with Crippen molar-refractivity contribution in [1.82, 2.24) is 4.90 Å². The molecular weight excluding hydrogens is 298 g/mol. The van der Waals surface area contributed by atoms with Crippen LogP contribution < -0.4 is 4.74 Å². The van der Waals surface area contributed by atoms with E-state index in [0.717, 1.165) is 4.90 Å². The van der Waals surface area contributed by atoms with Crippen molar-refractivity contribution >= 4 is 23.5 Å². The molecule has 0 aromatic heterocycles. The zero-order chi connectivity index (χ0) is 15.6. The second kappa shape index (κ2) is 6.32. The third kappa shape index (κ3) is 3.46. The zero-order valence-corrected chi connectivity index (χ0v) is 12.2. The highest BCUT2D eigenvalue weighted by Gasteiger charge is 2.40. The minimum Gasteiger partial charge on any atom is -0.480 e. The van der Waals surface area contributed by atoms with E-state index < -0.39 is 30.1 Å². The maximum Gasteiger partial charge on any atom is 0.326 e. The van der Waals surface area contributed by atoms with Crippen LogP contribution in [0.4, 0.5) is 0 Å². The molecule has 1 heterocycles. The Labute approximate surface area is 126 Å². The first-order valence-electron chi connectivity index (χ1n) is 6.52. The first-order valence-corrected chi connectivity index (χ1v) is 6.90. The maximum atomic E-state index is 12.3. The predicted molar refractivity (Wildman–Crippen MR) is 75.3 cm³/mol. The molecule has 0 spiro atoms. The fourth-order valence-electron chi connectivity index (χ4n) is 2.31. The Kier molecular flexibility index (Phi) is 4.69. The van der Waals surface area contributed by atoms with Crippen molar-refractivity contribution in [2.75, 3.05) is 6.54 Å². The molecule has 21 heavy (non-hydrogen) atoms. The van der Waals surface area contributed by atoms with Gasteiger partial charge in [-0.15, -0.1) is 0 Å². The number of carboxylic acid groups (broad SMARTS) is 1. The Morgan fingerprint density at radius 2 is 2.10 bits per heavy atom. The highest BCUT2D eigenvalue weighted by molar-refractivity contribution is 6.32. The quantitative estimate of drug-likeness (QED) is 0.871. The Balaban J connectivity index is 2.08. The van der Waals surface area contributed by atoms with E-state index in [1.807, 2.05) is 0 Å². The normalized spacial score (nSPS) is 22.9. The molecular formula is C14H16ClNO5. The van der Waals surface area contributed by atoms with Gasteiger partial charge in [0.1, 0.15) is 11.8 Å². The number of β-amino-alcohol motifs (C(OH)–C–C–N with tert-alkyl or cyclic N) is 1. The number of benzene rings is 1. The number of para-hydroxylation sites is 1. The van der Waals surface area contributed by atoms with Crippen molar-refractivity contribution < 1.29 is 24.5 Å². The monoisotopic (exact) mass is 313 g/mol. The number of carboxylic acids is 1. The lowest BCUT2D eigenvalue weighted by molar-refractivity contribution is -0.150. The first kappa shape index (κ1) is 15.6. The van der Waals surface area contributed by atoms with Gasteiger partial charge in [-0.05, 0) is 19.1 Å². The van der Waals surface area contributed by atoms with Crippen LogP contribution in [0.15, 0.2) is 24.3 Å². The molecule has 114 valence electrons. The van der Waals surface area contributed by atoms with Crippen molar-refractivity contribution in [2.45, 2.75) is 31.6 Å². The van der Waals surface area contributed by atoms with Crippen LogP contribution in [0.25, 0.3) is 0 Å². The average molecular weight is 314 g/mol. The second-order valence-electron chi connectivity index (χ2n) is 4.92. The number of carbonyl (C=O) groups excluding carboxylic acids is 1. The summed E-state index contributed by atoms with van der Waals surface area (Å²) >= 11 is 5.95. The van der Waals surface area contributed by atoms with Gasteiger partial charge in [-0.2, -0.15) is 0 Å². The van der Waals surface area contributed by atoms with Gasteiger partial charge in [0.15, 0.2) is 6.10 Å². The standard InChI is InChI=1S/C14H16ClNO5/c1-8(21-12-5-3-2-4-10(12)15)13(18)16-7-9(17)6-11(16)14(19)20/h2-5,8-9,11,17H,6-7H2,1H3,(H,19,20). The van der Waals surface area contributed by atoms with Gasteiger partial charge in [0, 0.05) is 13.0 Å². The number of hydrogen-bond acceptors (Lipinski definition) is 4. The zero-order valence-electron chi connectivity index (χ0n) is 11.4. The number of nitrogens with zero attached hydrogens (tertiary/aromatic N) is 1. The van der Waals surface area contributed by atoms with Crippen LogP contribution in [0.5, 0.6) is 5.75 Å². The van der Waals surface area contributed by atoms with E-state index in [2.05, 4.69) is 0 Å². The minimum atomic E-state index is -1.13. The van der Waals surface area contributed by atoms with E-state index in [1.54, 1.807) is 24.3 Å². The Morgan fingerprint density at radius 3 is 2.71 bits per heavy atom. The van der Waals surface area contributed by atoms with E-state index in [0.29, 0.717) is 10.8 Å². The summed E-state index contributed by atoms with van der Waals surface area (Å²) in [6, 6.07) is 5.69. The molecule has 3 atom stereocenters. The van der Waals surface area contributed by atoms with Crippen LogP contribution in [-0.2, 0) is 9.59 Å². The molecule has 1 aliphatic heterocycles. The summed E-state index contributed by atoms with van der Waals surface area (Å²) in [6.07, 6.45) is -1.69. The molecule has 1 aromatic rings. The van der Waals surface area contributed by atoms with Crippen molar-refractivity contribution in [2.24, 2.45) is 0 Å². The van der Waals surface area contributed by atoms with Crippen LogP contribution >= 0.6 is 11.6 Å². The number of ether oxygens (including phenoxy) is 1. The largest absolute Gasteiger partial charge is 0.480 e. The second-order valence-corrected chi connectivity index (χ2v) is 5.33. The SMILES string of the molecule is CC(Oc1ccccc1Cl)C(=O)N1CC(O)CC1C(=O)O. The summed E-state index contributed by atoms with van der Waals surface area (Å²) in [4.78, 5) is 24.6. The fourth-order valence-corrected chi connectivity index (χ4v) is 2.49. The number of hydrogen-bond donors (Lipinski definition) is 2. The van der Waals surface area contributed by atoms with Crippen LogP contribution in [0.1, 0.15) is 13.3 Å². The van der Waals surface area contributed by atoms with E-state index in [-0.39, 0.29) is 13.0 Å². The van der Waals surface area contributed by atoms with Crippen LogP contribution in [0.2, 0.25) is 5.02 Å². The van der Waals surface area contributed by atoms with E-state index in [4.69, 9.17) is 21.4 Å². The third-order valence-electron chi connectivity index (χ3n) is 3.34. The molecule has 0 aliphatic carbocycles. The van der Waals surface area contributed by atoms with Gasteiger partial charge in [0.25, 0.3) is 5.91 Å². The molecule has 2 rings (SSSR count). The molecule has 1 saturated heterocycles. The molecule has 0 saturated carbocycles. The van der Waals surface area contributed by atoms with Crippen molar-refractivity contribution in [3.05, 3.63) is 29.3 Å². The van der Waals surface area contributed by atoms with Crippen molar-refractivity contribution in [1.29, 1.82) is 0 Å². The molecule has 1 fully saturated rings. The predicted octanol–water partition coefficient (Wildman–Crippen LogP) is 1.15. The van der Waals surface area contributed by atoms with E-state index >= 15 is 0 Å². The van der Waals surface area contributed by atoms with Gasteiger partial charge in [-0.25, -0.2) is 4.79 Å². The number of rotatable bonds is 4. The molecule has 7 heteroatoms. The van der Waals surface area contributed by atoms with Crippen LogP contribution in [0, 0.1) is 0 Å². The van der Waals surface area contributed by atoms with Crippen LogP contribution in [0.3, 0.4) is 0 Å². The smallest absolute Gasteiger partial charge is 0.326 e. The number of aliphatic hydroxyl groups excluding tert-OH is 1. The molecule has 6 nitrogen and oxygen atoms in total. The Bertz CT molecular complexity index is 550. The van der Waals surface area contributed by atoms with Gasteiger partial charge in [0.2, 0.25) is 0 Å². The minimum absolute atomic E-state index is 0.00791. The molecule has 1 aromatic carbocycles. The number of halogens is 1. The number of aliphatic hydroxyl groups is 1. The summed E-state index contributed by atoms with van der Waals surface area (Å²) in [5, 5.41) is 19.0. The molecule has 2 N–H and O–H groups in total. The molecule has 3 unspecified atom stereocenters. The maximum absolute atomic E-state index is 12.3. The van der Waals surface area contributed by atoms with Gasteiger partial charge in [-0.1, -0.05) is 23.7 Å². The number of amides is 1. The Hall–Kier alpha value is -1.79. The van der Waals surface area contributed by atoms with Crippen LogP contribution in [-0.4, -0.2) is 51.8 Å². The van der Waals surface area contributed by atoms with E-state index in [9.17, 15) is 14.7 Å². The number of likely N-dealkylation sites (tertiary alicyclic amines) is 1. The van der Waals surface area contributed by atoms with E-state index in [1.165, 1.54) is 6.92 Å². The number of carbonyl (C=O) groups is 2. The molecule has 1 amide bonds. The third-order valence-corrected chi connectivity index (χ3v) is 3.65. The average Bonchev–Trinajstić information content (AvgIpc) is 2.82. The molecule has 0 bridgehead atoms. The highest BCUT2D eigenvalue weighted by Crippen LogP contribution is 2.26. The topological polar surface area (TPSA) is 87.1 Å². The lowest BCUT2D eigenvalue weighted by Crippen LogP contribution is -2.46. The van der Waals surface area contributed by atoms with Gasteiger partial charge < -0.3 is 19.8 Å².